The zero-order valence-electron chi connectivity index (χ0n) is 13.7. The number of nitrogens with zero attached hydrogens (tertiary/aromatic N) is 7. The Kier molecular flexibility index (Phi) is 3.98. The van der Waals surface area contributed by atoms with Gasteiger partial charge in [0.25, 0.3) is 5.82 Å². The van der Waals surface area contributed by atoms with E-state index in [1.54, 1.807) is 17.9 Å². The van der Waals surface area contributed by atoms with Crippen LogP contribution in [-0.2, 0) is 24.1 Å². The predicted molar refractivity (Wildman–Crippen MR) is 82.1 cm³/mol. The smallest absolute Gasteiger partial charge is 0.377 e. The minimum atomic E-state index is -4.63. The molecule has 0 amide bonds. The number of fused-ring (bicyclic) bond motifs is 2. The van der Waals surface area contributed by atoms with Crippen LogP contribution in [0.4, 0.5) is 19.0 Å². The van der Waals surface area contributed by atoms with Gasteiger partial charge in [0.1, 0.15) is 18.2 Å². The van der Waals surface area contributed by atoms with Crippen LogP contribution in [0.5, 0.6) is 0 Å². The quantitative estimate of drug-likeness (QED) is 0.751. The number of aromatic nitrogens is 7. The Balaban J connectivity index is 1.64. The molecule has 1 aliphatic heterocycles. The fourth-order valence-electron chi connectivity index (χ4n) is 2.95. The fraction of sp³-hybridized carbons (Fsp3) is 0.500. The van der Waals surface area contributed by atoms with Gasteiger partial charge in [-0.1, -0.05) is 0 Å². The summed E-state index contributed by atoms with van der Waals surface area (Å²) in [6.45, 7) is 1.03. The van der Waals surface area contributed by atoms with Crippen molar-refractivity contribution in [2.75, 3.05) is 12.4 Å². The summed E-state index contributed by atoms with van der Waals surface area (Å²) >= 11 is 0. The minimum absolute atomic E-state index is 0.0251. The van der Waals surface area contributed by atoms with Crippen LogP contribution in [0.15, 0.2) is 12.1 Å². The molecule has 0 bridgehead atoms. The zero-order valence-corrected chi connectivity index (χ0v) is 13.7. The van der Waals surface area contributed by atoms with E-state index in [1.807, 2.05) is 0 Å². The highest BCUT2D eigenvalue weighted by atomic mass is 19.4. The third kappa shape index (κ3) is 2.96. The van der Waals surface area contributed by atoms with Crippen LogP contribution in [0.2, 0.25) is 0 Å². The van der Waals surface area contributed by atoms with Gasteiger partial charge in [0.05, 0.1) is 6.04 Å². The summed E-state index contributed by atoms with van der Waals surface area (Å²) in [6.07, 6.45) is -3.01. The Bertz CT molecular complexity index is 934. The molecule has 9 nitrogen and oxygen atoms in total. The van der Waals surface area contributed by atoms with E-state index in [1.165, 1.54) is 6.07 Å². The molecule has 0 fully saturated rings. The van der Waals surface area contributed by atoms with E-state index < -0.39 is 12.0 Å². The molecule has 26 heavy (non-hydrogen) atoms. The number of aryl methyl sites for hydroxylation is 1. The number of halogens is 3. The number of anilines is 1. The maximum atomic E-state index is 13.0. The van der Waals surface area contributed by atoms with Crippen molar-refractivity contribution in [3.63, 3.8) is 0 Å². The second-order valence-electron chi connectivity index (χ2n) is 5.89. The molecule has 0 saturated carbocycles. The molecule has 1 N–H and O–H groups in total. The van der Waals surface area contributed by atoms with Gasteiger partial charge in [-0.3, -0.25) is 0 Å². The van der Waals surface area contributed by atoms with Crippen molar-refractivity contribution in [2.24, 2.45) is 0 Å². The normalized spacial score (nSPS) is 17.5. The average molecular weight is 368 g/mol. The molecule has 0 radical (unpaired) electrons. The molecule has 0 saturated heterocycles. The summed E-state index contributed by atoms with van der Waals surface area (Å²) in [5, 5.41) is 18.2. The van der Waals surface area contributed by atoms with Crippen molar-refractivity contribution in [1.82, 2.24) is 34.6 Å². The first-order valence-electron chi connectivity index (χ1n) is 7.94. The first-order chi connectivity index (χ1) is 12.5. The van der Waals surface area contributed by atoms with E-state index in [-0.39, 0.29) is 17.5 Å². The molecule has 138 valence electrons. The van der Waals surface area contributed by atoms with E-state index in [9.17, 15) is 13.2 Å². The number of nitrogens with one attached hydrogen (secondary N) is 1. The molecule has 0 spiro atoms. The number of alkyl halides is 3. The lowest BCUT2D eigenvalue weighted by atomic mass is 10.1. The van der Waals surface area contributed by atoms with Gasteiger partial charge in [-0.25, -0.2) is 9.67 Å². The highest BCUT2D eigenvalue weighted by Gasteiger charge is 2.37. The van der Waals surface area contributed by atoms with E-state index in [2.05, 4.69) is 30.7 Å². The summed E-state index contributed by atoms with van der Waals surface area (Å²) in [5.41, 5.74) is 0.0251. The van der Waals surface area contributed by atoms with E-state index in [0.717, 1.165) is 19.4 Å². The molecule has 4 heterocycles. The van der Waals surface area contributed by atoms with Gasteiger partial charge in [0, 0.05) is 13.7 Å². The van der Waals surface area contributed by atoms with Crippen LogP contribution < -0.4 is 5.32 Å². The highest BCUT2D eigenvalue weighted by Crippen LogP contribution is 2.29. The third-order valence-corrected chi connectivity index (χ3v) is 4.03. The third-order valence-electron chi connectivity index (χ3n) is 4.03. The lowest BCUT2D eigenvalue weighted by Crippen LogP contribution is -2.23. The molecule has 0 aromatic carbocycles. The van der Waals surface area contributed by atoms with Crippen molar-refractivity contribution in [3.8, 4) is 0 Å². The molecule has 12 heteroatoms. The molecule has 1 unspecified atom stereocenters. The second kappa shape index (κ2) is 6.20. The Morgan fingerprint density at radius 1 is 1.27 bits per heavy atom. The monoisotopic (exact) mass is 368 g/mol. The Labute approximate surface area is 145 Å². The summed E-state index contributed by atoms with van der Waals surface area (Å²) in [7, 11) is 1.56. The molecule has 1 aliphatic rings. The maximum absolute atomic E-state index is 13.0. The SMILES string of the molecule is COCc1nc2n(n1)CCCC2Nc1ccc2nnc(C(F)(F)F)n2n1. The zero-order chi connectivity index (χ0) is 18.3. The Morgan fingerprint density at radius 3 is 2.88 bits per heavy atom. The van der Waals surface area contributed by atoms with E-state index in [0.29, 0.717) is 22.8 Å². The lowest BCUT2D eigenvalue weighted by molar-refractivity contribution is -0.146. The Morgan fingerprint density at radius 2 is 2.12 bits per heavy atom. The Hall–Kier alpha value is -2.76. The van der Waals surface area contributed by atoms with Gasteiger partial charge in [-0.05, 0) is 25.0 Å². The van der Waals surface area contributed by atoms with Crippen LogP contribution in [0, 0.1) is 0 Å². The summed E-state index contributed by atoms with van der Waals surface area (Å²) in [6, 6.07) is 2.79. The first kappa shape index (κ1) is 16.7. The van der Waals surface area contributed by atoms with Crippen LogP contribution in [0.1, 0.15) is 36.4 Å². The van der Waals surface area contributed by atoms with Crippen LogP contribution in [0.3, 0.4) is 0 Å². The van der Waals surface area contributed by atoms with Crippen LogP contribution in [-0.4, -0.2) is 41.7 Å². The summed E-state index contributed by atoms with van der Waals surface area (Å²) < 4.78 is 46.5. The molecular formula is C14H15F3N8O. The number of hydrogen-bond acceptors (Lipinski definition) is 7. The van der Waals surface area contributed by atoms with E-state index in [4.69, 9.17) is 4.74 Å². The van der Waals surface area contributed by atoms with Gasteiger partial charge in [-0.2, -0.15) is 22.8 Å². The topological polar surface area (TPSA) is 95.0 Å². The molecule has 3 aromatic rings. The number of methoxy groups -OCH3 is 1. The summed E-state index contributed by atoms with van der Waals surface area (Å²) in [4.78, 5) is 4.45. The van der Waals surface area contributed by atoms with Crippen molar-refractivity contribution >= 4 is 11.5 Å². The number of ether oxygens (including phenoxy) is 1. The average Bonchev–Trinajstić information content (AvgIpc) is 3.18. The highest BCUT2D eigenvalue weighted by molar-refractivity contribution is 5.45. The van der Waals surface area contributed by atoms with Crippen molar-refractivity contribution in [2.45, 2.75) is 38.2 Å². The predicted octanol–water partition coefficient (Wildman–Crippen LogP) is 1.83. The van der Waals surface area contributed by atoms with Crippen molar-refractivity contribution < 1.29 is 17.9 Å². The van der Waals surface area contributed by atoms with E-state index >= 15 is 0 Å². The van der Waals surface area contributed by atoms with Gasteiger partial charge in [0.15, 0.2) is 11.5 Å². The van der Waals surface area contributed by atoms with Crippen LogP contribution in [0.25, 0.3) is 5.65 Å². The molecular weight excluding hydrogens is 353 g/mol. The fourth-order valence-corrected chi connectivity index (χ4v) is 2.95. The van der Waals surface area contributed by atoms with Crippen LogP contribution >= 0.6 is 0 Å². The molecule has 0 aliphatic carbocycles. The number of rotatable bonds is 4. The molecule has 4 rings (SSSR count). The largest absolute Gasteiger partial charge is 0.453 e. The number of hydrogen-bond donors (Lipinski definition) is 1. The second-order valence-corrected chi connectivity index (χ2v) is 5.89. The standard InChI is InChI=1S/C14H15F3N8O/c1-26-7-10-19-12-8(3-2-6-24(12)22-10)18-9-4-5-11-20-21-13(14(15,16)17)25(11)23-9/h4-5,8H,2-3,6-7H2,1H3,(H,18,23). The lowest BCUT2D eigenvalue weighted by Gasteiger charge is -2.23. The molecule has 3 aromatic heterocycles. The first-order valence-corrected chi connectivity index (χ1v) is 7.94. The van der Waals surface area contributed by atoms with Gasteiger partial charge in [-0.15, -0.1) is 15.3 Å². The van der Waals surface area contributed by atoms with Crippen molar-refractivity contribution in [1.29, 1.82) is 0 Å². The summed E-state index contributed by atoms with van der Waals surface area (Å²) in [5.74, 6) is 0.394. The van der Waals surface area contributed by atoms with Gasteiger partial charge < -0.3 is 10.1 Å². The minimum Gasteiger partial charge on any atom is -0.377 e. The van der Waals surface area contributed by atoms with Crippen molar-refractivity contribution in [3.05, 3.63) is 29.6 Å². The maximum Gasteiger partial charge on any atom is 0.453 e. The van der Waals surface area contributed by atoms with Gasteiger partial charge >= 0.3 is 6.18 Å². The van der Waals surface area contributed by atoms with Gasteiger partial charge in [0.2, 0.25) is 0 Å². The molecule has 1 atom stereocenters.